The number of carboxylic acids is 1. The fourth-order valence-electron chi connectivity index (χ4n) is 4.61. The van der Waals surface area contributed by atoms with Crippen LogP contribution in [0.5, 0.6) is 0 Å². The maximum atomic E-state index is 10.3. The van der Waals surface area contributed by atoms with Gasteiger partial charge in [-0.2, -0.15) is 0 Å². The van der Waals surface area contributed by atoms with Gasteiger partial charge in [-0.05, 0) is 38.7 Å². The van der Waals surface area contributed by atoms with Crippen molar-refractivity contribution in [2.45, 2.75) is 84.0 Å². The highest BCUT2D eigenvalue weighted by molar-refractivity contribution is 6.22. The highest BCUT2D eigenvalue weighted by Crippen LogP contribution is 2.33. The zero-order valence-electron chi connectivity index (χ0n) is 19.6. The number of carboxylic acid groups (broad SMARTS) is 1. The Morgan fingerprint density at radius 1 is 0.562 bits per heavy atom. The Hall–Kier alpha value is -2.61. The monoisotopic (exact) mass is 430 g/mol. The molecule has 0 bridgehead atoms. The first kappa shape index (κ1) is 24.0. The predicted octanol–water partition coefficient (Wildman–Crippen LogP) is 9.36. The predicted molar refractivity (Wildman–Crippen MR) is 139 cm³/mol. The zero-order chi connectivity index (χ0) is 22.6. The number of hydrogen-bond acceptors (Lipinski definition) is 1. The molecule has 0 fully saturated rings. The van der Waals surface area contributed by atoms with Gasteiger partial charge in [0.2, 0.25) is 0 Å². The summed E-state index contributed by atoms with van der Waals surface area (Å²) in [6, 6.07) is 21.9. The van der Waals surface area contributed by atoms with Crippen molar-refractivity contribution in [3.05, 3.63) is 60.7 Å². The molecule has 0 aromatic heterocycles. The third-order valence-corrected chi connectivity index (χ3v) is 6.39. The second-order valence-corrected chi connectivity index (χ2v) is 8.97. The van der Waals surface area contributed by atoms with Gasteiger partial charge in [-0.25, -0.2) is 0 Å². The van der Waals surface area contributed by atoms with Crippen LogP contribution in [0.3, 0.4) is 0 Å². The molecule has 4 aromatic rings. The molecule has 4 aromatic carbocycles. The van der Waals surface area contributed by atoms with Crippen molar-refractivity contribution in [1.82, 2.24) is 0 Å². The standard InChI is InChI=1S/C16H10.C14H28O2/c1-3-11-7-9-13-5-2-6-14-10-8-12(4-1)15(11)16(13)14;1-2-3-4-5-6-7-8-9-10-11-12-13-14(15)16/h1-10H;2-13H2,1H3,(H,15,16). The Kier molecular flexibility index (Phi) is 9.81. The van der Waals surface area contributed by atoms with Crippen LogP contribution in [0.15, 0.2) is 60.7 Å². The molecule has 0 heterocycles. The third-order valence-electron chi connectivity index (χ3n) is 6.39. The summed E-state index contributed by atoms with van der Waals surface area (Å²) in [5.74, 6) is -0.657. The minimum Gasteiger partial charge on any atom is -0.481 e. The number of aliphatic carboxylic acids is 1. The highest BCUT2D eigenvalue weighted by Gasteiger charge is 2.06. The van der Waals surface area contributed by atoms with Crippen LogP contribution in [0.1, 0.15) is 84.0 Å². The Morgan fingerprint density at radius 2 is 0.906 bits per heavy atom. The summed E-state index contributed by atoms with van der Waals surface area (Å²) >= 11 is 0. The molecule has 0 saturated heterocycles. The molecule has 0 aliphatic carbocycles. The van der Waals surface area contributed by atoms with E-state index in [1.807, 2.05) is 0 Å². The van der Waals surface area contributed by atoms with Crippen molar-refractivity contribution < 1.29 is 9.90 Å². The van der Waals surface area contributed by atoms with E-state index in [1.54, 1.807) is 0 Å². The zero-order valence-corrected chi connectivity index (χ0v) is 19.6. The quantitative estimate of drug-likeness (QED) is 0.179. The topological polar surface area (TPSA) is 37.3 Å². The molecule has 0 saturated carbocycles. The summed E-state index contributed by atoms with van der Waals surface area (Å²) in [6.07, 6.45) is 14.4. The van der Waals surface area contributed by atoms with E-state index in [9.17, 15) is 4.79 Å². The number of hydrogen-bond donors (Lipinski definition) is 1. The summed E-state index contributed by atoms with van der Waals surface area (Å²) < 4.78 is 0. The molecular weight excluding hydrogens is 392 g/mol. The number of rotatable bonds is 12. The molecule has 2 heteroatoms. The molecule has 0 aliphatic heterocycles. The molecule has 2 nitrogen and oxygen atoms in total. The molecular formula is C30H38O2. The van der Waals surface area contributed by atoms with Gasteiger partial charge < -0.3 is 5.11 Å². The fraction of sp³-hybridized carbons (Fsp3) is 0.433. The van der Waals surface area contributed by atoms with Crippen molar-refractivity contribution in [3.63, 3.8) is 0 Å². The van der Waals surface area contributed by atoms with Gasteiger partial charge in [-0.3, -0.25) is 4.79 Å². The van der Waals surface area contributed by atoms with E-state index in [4.69, 9.17) is 5.11 Å². The van der Waals surface area contributed by atoms with E-state index < -0.39 is 5.97 Å². The average molecular weight is 431 g/mol. The van der Waals surface area contributed by atoms with Crippen molar-refractivity contribution in [2.75, 3.05) is 0 Å². The molecule has 4 rings (SSSR count). The van der Waals surface area contributed by atoms with Crippen LogP contribution in [0.2, 0.25) is 0 Å². The number of carbonyl (C=O) groups is 1. The van der Waals surface area contributed by atoms with Gasteiger partial charge in [0.05, 0.1) is 0 Å². The van der Waals surface area contributed by atoms with E-state index in [1.165, 1.54) is 90.1 Å². The lowest BCUT2D eigenvalue weighted by molar-refractivity contribution is -0.137. The van der Waals surface area contributed by atoms with E-state index in [0.717, 1.165) is 12.8 Å². The fourth-order valence-corrected chi connectivity index (χ4v) is 4.61. The summed E-state index contributed by atoms with van der Waals surface area (Å²) in [5.41, 5.74) is 0. The number of unbranched alkanes of at least 4 members (excludes halogenated alkanes) is 10. The second-order valence-electron chi connectivity index (χ2n) is 8.97. The molecule has 1 N–H and O–H groups in total. The summed E-state index contributed by atoms with van der Waals surface area (Å²) in [6.45, 7) is 2.25. The lowest BCUT2D eigenvalue weighted by Gasteiger charge is -2.09. The van der Waals surface area contributed by atoms with Crippen LogP contribution in [-0.2, 0) is 4.79 Å². The smallest absolute Gasteiger partial charge is 0.303 e. The normalized spacial score (nSPS) is 11.2. The maximum Gasteiger partial charge on any atom is 0.303 e. The van der Waals surface area contributed by atoms with Crippen LogP contribution >= 0.6 is 0 Å². The summed E-state index contributed by atoms with van der Waals surface area (Å²) in [7, 11) is 0. The molecule has 0 spiro atoms. The molecule has 32 heavy (non-hydrogen) atoms. The van der Waals surface area contributed by atoms with Crippen molar-refractivity contribution >= 4 is 38.3 Å². The molecule has 0 amide bonds. The van der Waals surface area contributed by atoms with E-state index in [2.05, 4.69) is 67.6 Å². The minimum absolute atomic E-state index is 0.344. The molecule has 170 valence electrons. The molecule has 0 aliphatic rings. The molecule has 0 atom stereocenters. The average Bonchev–Trinajstić information content (AvgIpc) is 2.81. The summed E-state index contributed by atoms with van der Waals surface area (Å²) in [5, 5.41) is 16.6. The Balaban J connectivity index is 0.000000181. The van der Waals surface area contributed by atoms with E-state index in [-0.39, 0.29) is 0 Å². The van der Waals surface area contributed by atoms with Gasteiger partial charge in [0.1, 0.15) is 0 Å². The van der Waals surface area contributed by atoms with Gasteiger partial charge in [0.15, 0.2) is 0 Å². The van der Waals surface area contributed by atoms with Gasteiger partial charge in [-0.1, -0.05) is 132 Å². The van der Waals surface area contributed by atoms with Crippen LogP contribution < -0.4 is 0 Å². The van der Waals surface area contributed by atoms with Crippen LogP contribution in [0, 0.1) is 0 Å². The first-order valence-corrected chi connectivity index (χ1v) is 12.5. The van der Waals surface area contributed by atoms with E-state index in [0.29, 0.717) is 6.42 Å². The first-order valence-electron chi connectivity index (χ1n) is 12.5. The van der Waals surface area contributed by atoms with Crippen molar-refractivity contribution in [2.24, 2.45) is 0 Å². The SMILES string of the molecule is CCCCCCCCCCCCCC(=O)O.c1cc2ccc3cccc4ccc(c1)c2c34. The Labute approximate surface area is 193 Å². The largest absolute Gasteiger partial charge is 0.481 e. The van der Waals surface area contributed by atoms with Gasteiger partial charge >= 0.3 is 5.97 Å². The highest BCUT2D eigenvalue weighted by atomic mass is 16.4. The van der Waals surface area contributed by atoms with Crippen LogP contribution in [0.4, 0.5) is 0 Å². The Morgan fingerprint density at radius 3 is 1.25 bits per heavy atom. The van der Waals surface area contributed by atoms with Crippen LogP contribution in [-0.4, -0.2) is 11.1 Å². The van der Waals surface area contributed by atoms with Gasteiger partial charge in [-0.15, -0.1) is 0 Å². The van der Waals surface area contributed by atoms with E-state index >= 15 is 0 Å². The maximum absolute atomic E-state index is 10.3. The van der Waals surface area contributed by atoms with Gasteiger partial charge in [0, 0.05) is 6.42 Å². The first-order chi connectivity index (χ1) is 15.7. The molecule has 0 unspecified atom stereocenters. The van der Waals surface area contributed by atoms with Gasteiger partial charge in [0.25, 0.3) is 0 Å². The third kappa shape index (κ3) is 6.95. The lowest BCUT2D eigenvalue weighted by atomic mass is 9.95. The van der Waals surface area contributed by atoms with Crippen molar-refractivity contribution in [1.29, 1.82) is 0 Å². The van der Waals surface area contributed by atoms with Crippen LogP contribution in [0.25, 0.3) is 32.3 Å². The second kappa shape index (κ2) is 13.1. The number of benzene rings is 4. The summed E-state index contributed by atoms with van der Waals surface area (Å²) in [4.78, 5) is 10.3. The Bertz CT molecular complexity index is 952. The minimum atomic E-state index is -0.657. The lowest BCUT2D eigenvalue weighted by Crippen LogP contribution is -1.93. The molecule has 0 radical (unpaired) electrons. The van der Waals surface area contributed by atoms with Crippen molar-refractivity contribution in [3.8, 4) is 0 Å².